The normalized spacial score (nSPS) is 20.0. The minimum absolute atomic E-state index is 0.0140. The summed E-state index contributed by atoms with van der Waals surface area (Å²) in [6.07, 6.45) is 7.64. The Kier molecular flexibility index (Phi) is 24.8. The molecule has 0 N–H and O–H groups in total. The first-order valence-corrected chi connectivity index (χ1v) is 23.5. The van der Waals surface area contributed by atoms with Gasteiger partial charge in [-0.2, -0.15) is 0 Å². The maximum atomic E-state index is 13.3. The van der Waals surface area contributed by atoms with Crippen molar-refractivity contribution in [1.29, 1.82) is 0 Å². The quantitative estimate of drug-likeness (QED) is 0.0244. The third-order valence-electron chi connectivity index (χ3n) is 11.2. The molecule has 66 heavy (non-hydrogen) atoms. The first-order valence-electron chi connectivity index (χ1n) is 23.5. The van der Waals surface area contributed by atoms with E-state index in [1.807, 2.05) is 44.2 Å². The van der Waals surface area contributed by atoms with Crippen LogP contribution in [0.3, 0.4) is 0 Å². The lowest BCUT2D eigenvalue weighted by Gasteiger charge is -2.28. The Morgan fingerprint density at radius 1 is 0.682 bits per heavy atom. The number of esters is 7. The molecule has 1 saturated carbocycles. The van der Waals surface area contributed by atoms with E-state index in [-0.39, 0.29) is 62.7 Å². The zero-order valence-corrected chi connectivity index (χ0v) is 39.8. The molecular formula is C49H71BO16. The molecule has 1 heterocycles. The van der Waals surface area contributed by atoms with Gasteiger partial charge in [0.25, 0.3) is 0 Å². The van der Waals surface area contributed by atoms with Crippen LogP contribution in [0.4, 0.5) is 0 Å². The van der Waals surface area contributed by atoms with Gasteiger partial charge in [0.1, 0.15) is 12.7 Å². The molecule has 0 aromatic heterocycles. The van der Waals surface area contributed by atoms with Crippen molar-refractivity contribution in [2.45, 2.75) is 187 Å². The molecule has 0 spiro atoms. The zero-order valence-electron chi connectivity index (χ0n) is 39.8. The zero-order chi connectivity index (χ0) is 48.6. The number of aryl methyl sites for hydroxylation is 1. The van der Waals surface area contributed by atoms with Gasteiger partial charge in [0.15, 0.2) is 24.4 Å². The summed E-state index contributed by atoms with van der Waals surface area (Å²) in [5.41, 5.74) is 1.10. The second kappa shape index (κ2) is 29.6. The number of unbranched alkanes of at least 4 members (excludes halogenated alkanes) is 2. The molecule has 366 valence electrons. The van der Waals surface area contributed by atoms with Gasteiger partial charge in [-0.3, -0.25) is 14.4 Å². The molecule has 2 bridgehead atoms. The minimum atomic E-state index is -1.50. The third-order valence-corrected chi connectivity index (χ3v) is 11.2. The van der Waals surface area contributed by atoms with Crippen LogP contribution in [0, 0.1) is 11.8 Å². The molecule has 1 aliphatic carbocycles. The van der Waals surface area contributed by atoms with Crippen molar-refractivity contribution < 1.29 is 76.0 Å². The summed E-state index contributed by atoms with van der Waals surface area (Å²) in [6, 6.07) is 9.91. The van der Waals surface area contributed by atoms with E-state index in [1.165, 1.54) is 33.8 Å². The van der Waals surface area contributed by atoms with Crippen LogP contribution < -0.4 is 0 Å². The fourth-order valence-corrected chi connectivity index (χ4v) is 7.73. The highest BCUT2D eigenvalue weighted by Crippen LogP contribution is 2.45. The van der Waals surface area contributed by atoms with Crippen LogP contribution in [0.15, 0.2) is 55.1 Å². The molecule has 1 aromatic rings. The van der Waals surface area contributed by atoms with Gasteiger partial charge in [-0.05, 0) is 117 Å². The van der Waals surface area contributed by atoms with E-state index < -0.39 is 66.3 Å². The fourth-order valence-electron chi connectivity index (χ4n) is 7.73. The maximum Gasteiger partial charge on any atom is 0.457 e. The predicted molar refractivity (Wildman–Crippen MR) is 242 cm³/mol. The van der Waals surface area contributed by atoms with Crippen molar-refractivity contribution in [3.05, 3.63) is 60.7 Å². The summed E-state index contributed by atoms with van der Waals surface area (Å²) in [4.78, 5) is 87.4. The monoisotopic (exact) mass is 926 g/mol. The lowest BCUT2D eigenvalue weighted by atomic mass is 9.80. The Morgan fingerprint density at radius 3 is 1.83 bits per heavy atom. The largest absolute Gasteiger partial charge is 0.463 e. The number of hydrogen-bond donors (Lipinski definition) is 0. The second-order valence-corrected chi connectivity index (χ2v) is 17.1. The molecule has 2 aliphatic rings. The summed E-state index contributed by atoms with van der Waals surface area (Å²) in [5.74, 6) is -5.28. The lowest BCUT2D eigenvalue weighted by Crippen LogP contribution is -2.37. The molecule has 17 heteroatoms. The van der Waals surface area contributed by atoms with E-state index in [1.54, 1.807) is 0 Å². The Labute approximate surface area is 390 Å². The van der Waals surface area contributed by atoms with Gasteiger partial charge in [-0.1, -0.05) is 74.9 Å². The fraction of sp³-hybridized carbons (Fsp3) is 0.653. The van der Waals surface area contributed by atoms with Gasteiger partial charge in [-0.15, -0.1) is 0 Å². The molecule has 0 radical (unpaired) electrons. The van der Waals surface area contributed by atoms with Gasteiger partial charge >= 0.3 is 48.9 Å². The van der Waals surface area contributed by atoms with Gasteiger partial charge in [-0.25, -0.2) is 19.2 Å². The van der Waals surface area contributed by atoms with Gasteiger partial charge in [0, 0.05) is 18.6 Å². The van der Waals surface area contributed by atoms with Crippen LogP contribution >= 0.6 is 0 Å². The molecule has 2 fully saturated rings. The van der Waals surface area contributed by atoms with Crippen LogP contribution in [-0.4, -0.2) is 104 Å². The summed E-state index contributed by atoms with van der Waals surface area (Å²) in [5, 5.41) is 0. The number of carbonyl (C=O) groups excluding carboxylic acids is 7. The number of ether oxygens (including phenoxy) is 7. The van der Waals surface area contributed by atoms with Gasteiger partial charge in [0.05, 0.1) is 18.9 Å². The molecular weight excluding hydrogens is 855 g/mol. The Balaban J connectivity index is 1.54. The highest BCUT2D eigenvalue weighted by atomic mass is 16.6. The molecule has 9 atom stereocenters. The summed E-state index contributed by atoms with van der Waals surface area (Å²) < 4.78 is 49.4. The summed E-state index contributed by atoms with van der Waals surface area (Å²) >= 11 is 0. The number of rotatable bonds is 30. The Bertz CT molecular complexity index is 1750. The number of allylic oxidation sites excluding steroid dienone is 2. The van der Waals surface area contributed by atoms with Gasteiger partial charge in [0.2, 0.25) is 0 Å². The average Bonchev–Trinajstić information content (AvgIpc) is 3.52. The number of fused-ring (bicyclic) bond motifs is 2. The highest BCUT2D eigenvalue weighted by Gasteiger charge is 2.50. The van der Waals surface area contributed by atoms with Crippen molar-refractivity contribution in [3.63, 3.8) is 0 Å². The van der Waals surface area contributed by atoms with E-state index in [0.29, 0.717) is 32.1 Å². The number of hydrogen-bond acceptors (Lipinski definition) is 16. The van der Waals surface area contributed by atoms with E-state index in [4.69, 9.17) is 42.5 Å². The molecule has 0 amide bonds. The summed E-state index contributed by atoms with van der Waals surface area (Å²) in [7, 11) is -0.252. The average molecular weight is 927 g/mol. The van der Waals surface area contributed by atoms with Crippen LogP contribution in [0.2, 0.25) is 6.32 Å². The Hall–Kier alpha value is -5.03. The number of benzene rings is 1. The standard InChI is InChI=1S/C49H71BO16/c1-9-11-29-50-65-41-31-42(66-50)40(39(41)21-17-12-13-18-22-43(51)59-32(3)4)26-25-38(24-23-37-19-15-14-16-20-37)64-45(53)28-27-44(52)60-34(6)47(55)62-36(8)49(57)63-35(7)48(56)61-33(5)46(54)58-30-10-2/h10,12,14-17,19-20,32-36,38-42H,2,9,11,13,18,21-31H2,1,3-8H3/b17-12-/t33-,34-,35-,36-,38+,39-,40-,41-,42+/m1/s1. The first-order chi connectivity index (χ1) is 31.5. The van der Waals surface area contributed by atoms with Crippen molar-refractivity contribution in [2.24, 2.45) is 11.8 Å². The molecule has 1 aromatic carbocycles. The Morgan fingerprint density at radius 2 is 1.24 bits per heavy atom. The predicted octanol–water partition coefficient (Wildman–Crippen LogP) is 7.32. The van der Waals surface area contributed by atoms with Crippen LogP contribution in [0.5, 0.6) is 0 Å². The van der Waals surface area contributed by atoms with Gasteiger partial charge < -0.3 is 42.5 Å². The lowest BCUT2D eigenvalue weighted by molar-refractivity contribution is -0.184. The van der Waals surface area contributed by atoms with E-state index >= 15 is 0 Å². The van der Waals surface area contributed by atoms with E-state index in [2.05, 4.69) is 25.7 Å². The summed E-state index contributed by atoms with van der Waals surface area (Å²) in [6.45, 7) is 14.1. The molecule has 3 rings (SSSR count). The SMILES string of the molecule is C=CCOC(=O)[C@@H](C)OC(=O)[C@@H](C)OC(=O)[C@@H](C)OC(=O)[C@@H](C)OC(=O)CCC(=O)O[C@@H](CCc1ccccc1)CC[C@@H]1[C@@H](C/C=C\CCCC(=O)OC(C)C)[C@H]2C[C@@H]1OB(CCCC)O2. The smallest absolute Gasteiger partial charge is 0.457 e. The van der Waals surface area contributed by atoms with Crippen molar-refractivity contribution in [2.75, 3.05) is 6.61 Å². The van der Waals surface area contributed by atoms with E-state index in [9.17, 15) is 33.6 Å². The molecule has 1 saturated heterocycles. The first kappa shape index (κ1) is 55.3. The highest BCUT2D eigenvalue weighted by molar-refractivity contribution is 6.44. The topological polar surface area (TPSA) is 203 Å². The van der Waals surface area contributed by atoms with Crippen molar-refractivity contribution in [1.82, 2.24) is 0 Å². The molecule has 0 unspecified atom stereocenters. The van der Waals surface area contributed by atoms with Crippen molar-refractivity contribution in [3.8, 4) is 0 Å². The minimum Gasteiger partial charge on any atom is -0.463 e. The van der Waals surface area contributed by atoms with Crippen LogP contribution in [0.1, 0.15) is 131 Å². The van der Waals surface area contributed by atoms with Crippen LogP contribution in [0.25, 0.3) is 0 Å². The number of carbonyl (C=O) groups is 7. The molecule has 1 aliphatic heterocycles. The van der Waals surface area contributed by atoms with Crippen molar-refractivity contribution >= 4 is 48.9 Å². The molecule has 16 nitrogen and oxygen atoms in total. The third kappa shape index (κ3) is 20.2. The second-order valence-electron chi connectivity index (χ2n) is 17.1. The van der Waals surface area contributed by atoms with E-state index in [0.717, 1.165) is 50.4 Å². The van der Waals surface area contributed by atoms with Crippen LogP contribution in [-0.2, 0) is 82.4 Å². The maximum absolute atomic E-state index is 13.3.